The van der Waals surface area contributed by atoms with Gasteiger partial charge in [-0.25, -0.2) is 25.3 Å². The van der Waals surface area contributed by atoms with Gasteiger partial charge < -0.3 is 0 Å². The van der Waals surface area contributed by atoms with Crippen molar-refractivity contribution in [2.45, 2.75) is 20.8 Å². The molecule has 0 aliphatic carbocycles. The molecule has 0 aromatic carbocycles. The molecule has 0 bridgehead atoms. The lowest BCUT2D eigenvalue weighted by Gasteiger charge is -1.94. The highest BCUT2D eigenvalue weighted by atomic mass is 32.3. The van der Waals surface area contributed by atoms with Crippen molar-refractivity contribution in [1.29, 1.82) is 0 Å². The lowest BCUT2D eigenvalue weighted by molar-refractivity contribution is -0.128. The van der Waals surface area contributed by atoms with E-state index < -0.39 is 36.0 Å². The van der Waals surface area contributed by atoms with Gasteiger partial charge in [-0.1, -0.05) is 9.91 Å². The van der Waals surface area contributed by atoms with E-state index in [0.717, 1.165) is 25.7 Å². The zero-order valence-electron chi connectivity index (χ0n) is 16.3. The Morgan fingerprint density at radius 3 is 0.966 bits per heavy atom. The van der Waals surface area contributed by atoms with E-state index in [2.05, 4.69) is 9.91 Å². The van der Waals surface area contributed by atoms with Crippen molar-refractivity contribution in [2.24, 2.45) is 0 Å². The fourth-order valence-electron chi connectivity index (χ4n) is 0.809. The molecule has 0 heterocycles. The topological polar surface area (TPSA) is 210 Å². The standard InChI is InChI=1S/C4H7NO2.C3H7NO3S.C2HN3.C2H7NO4S2/c1-3(6)5-4(2)7;1-3(5)4-8(2,6)7;1-3-5-4-2;1-8(4,5)3-9(2,6)7/h1-2H3,(H,5,6,7);1-2H3,(H,4,5);5H;3H,1-2H3. The highest BCUT2D eigenvalue weighted by molar-refractivity contribution is 8.04. The maximum absolute atomic E-state index is 10.2. The van der Waals surface area contributed by atoms with Crippen LogP contribution in [0.2, 0.25) is 0 Å². The highest BCUT2D eigenvalue weighted by Crippen LogP contribution is 1.78. The zero-order valence-corrected chi connectivity index (χ0v) is 18.7. The Morgan fingerprint density at radius 2 is 0.966 bits per heavy atom. The third-order valence-electron chi connectivity index (χ3n) is 1.08. The fraction of sp³-hybridized carbons (Fsp3) is 0.545. The fourth-order valence-corrected chi connectivity index (χ4v) is 3.53. The van der Waals surface area contributed by atoms with Gasteiger partial charge in [0.25, 0.3) is 0 Å². The third-order valence-corrected chi connectivity index (χ3v) is 4.16. The van der Waals surface area contributed by atoms with E-state index in [0.29, 0.717) is 0 Å². The van der Waals surface area contributed by atoms with Crippen molar-refractivity contribution in [1.82, 2.24) is 19.7 Å². The molecular weight excluding hydrogens is 456 g/mol. The van der Waals surface area contributed by atoms with Gasteiger partial charge in [0, 0.05) is 20.8 Å². The van der Waals surface area contributed by atoms with E-state index in [1.165, 1.54) is 18.0 Å². The Bertz CT molecular complexity index is 887. The summed E-state index contributed by atoms with van der Waals surface area (Å²) in [6.07, 6.45) is 2.47. The highest BCUT2D eigenvalue weighted by Gasteiger charge is 2.08. The summed E-state index contributed by atoms with van der Waals surface area (Å²) in [4.78, 5) is 34.8. The molecule has 0 aromatic heterocycles. The quantitative estimate of drug-likeness (QED) is 0.247. The van der Waals surface area contributed by atoms with Crippen LogP contribution < -0.4 is 19.7 Å². The molecule has 4 N–H and O–H groups in total. The number of nitrogens with zero attached hydrogens (tertiary/aromatic N) is 2. The molecule has 29 heavy (non-hydrogen) atoms. The first-order chi connectivity index (χ1) is 12.7. The van der Waals surface area contributed by atoms with E-state index in [-0.39, 0.29) is 11.8 Å². The predicted molar refractivity (Wildman–Crippen MR) is 102 cm³/mol. The largest absolute Gasteiger partial charge is 0.297 e. The molecule has 0 aromatic rings. The van der Waals surface area contributed by atoms with Crippen LogP contribution in [0, 0.1) is 13.1 Å². The van der Waals surface area contributed by atoms with Gasteiger partial charge in [0.15, 0.2) is 5.53 Å². The van der Waals surface area contributed by atoms with Crippen molar-refractivity contribution in [3.8, 4) is 0 Å². The molecule has 0 fully saturated rings. The van der Waals surface area contributed by atoms with Gasteiger partial charge >= 0.3 is 0 Å². The van der Waals surface area contributed by atoms with Crippen molar-refractivity contribution < 1.29 is 39.6 Å². The first-order valence-corrected chi connectivity index (χ1v) is 12.3. The van der Waals surface area contributed by atoms with Crippen molar-refractivity contribution >= 4 is 47.8 Å². The molecule has 3 amide bonds. The van der Waals surface area contributed by atoms with Gasteiger partial charge in [0.2, 0.25) is 47.8 Å². The van der Waals surface area contributed by atoms with Crippen LogP contribution >= 0.6 is 0 Å². The van der Waals surface area contributed by atoms with Crippen molar-refractivity contribution in [3.05, 3.63) is 23.1 Å². The number of hydrogen-bond acceptors (Lipinski definition) is 10. The van der Waals surface area contributed by atoms with Crippen molar-refractivity contribution in [3.63, 3.8) is 0 Å². The molecular formula is C11H22N6O9S3. The molecule has 18 heteroatoms. The second kappa shape index (κ2) is 16.2. The number of carbonyl (C=O) groups excluding carboxylic acids is 3. The van der Waals surface area contributed by atoms with Gasteiger partial charge in [0.1, 0.15) is 0 Å². The molecule has 0 atom stereocenters. The molecule has 0 aliphatic heterocycles. The Kier molecular flexibility index (Phi) is 18.8. The third kappa shape index (κ3) is 67.3. The van der Waals surface area contributed by atoms with E-state index in [1.807, 2.05) is 5.32 Å². The lowest BCUT2D eigenvalue weighted by Crippen LogP contribution is -2.27. The summed E-state index contributed by atoms with van der Waals surface area (Å²) in [6, 6.07) is 0. The number of amides is 3. The normalized spacial score (nSPS) is 9.66. The summed E-state index contributed by atoms with van der Waals surface area (Å²) in [6.45, 7) is 15.5. The van der Waals surface area contributed by atoms with Gasteiger partial charge in [-0.2, -0.15) is 13.1 Å². The smallest absolute Gasteiger partial charge is 0.231 e. The maximum atomic E-state index is 10.2. The van der Waals surface area contributed by atoms with Gasteiger partial charge in [0.05, 0.1) is 18.8 Å². The Labute approximate surface area is 170 Å². The molecule has 15 nitrogen and oxygen atoms in total. The van der Waals surface area contributed by atoms with Crippen LogP contribution in [0.5, 0.6) is 0 Å². The lowest BCUT2D eigenvalue weighted by atomic mass is 10.6. The minimum absolute atomic E-state index is 0.312. The van der Waals surface area contributed by atoms with Crippen LogP contribution in [0.4, 0.5) is 0 Å². The SMILES string of the molecule is CC(=O)NC(C)=O.CC(=O)NS(C)(=O)=O.CS(=O)(=O)NS(C)(=O)=O.[C-]#[N+]N[N+]#[C-]. The number of rotatable bonds is 3. The van der Waals surface area contributed by atoms with Crippen molar-refractivity contribution in [2.75, 3.05) is 18.8 Å². The minimum atomic E-state index is -3.62. The van der Waals surface area contributed by atoms with Gasteiger partial charge in [-0.15, -0.1) is 4.13 Å². The summed E-state index contributed by atoms with van der Waals surface area (Å²) >= 11 is 0. The number of hydrogen-bond donors (Lipinski definition) is 4. The zero-order chi connectivity index (χ0) is 24.5. The molecule has 0 unspecified atom stereocenters. The molecule has 168 valence electrons. The summed E-state index contributed by atoms with van der Waals surface area (Å²) in [5, 5.41) is 2.03. The Morgan fingerprint density at radius 1 is 0.655 bits per heavy atom. The molecule has 0 saturated heterocycles. The number of sulfonamides is 3. The van der Waals surface area contributed by atoms with Crippen LogP contribution in [0.15, 0.2) is 0 Å². The van der Waals surface area contributed by atoms with Crippen LogP contribution in [0.1, 0.15) is 20.8 Å². The van der Waals surface area contributed by atoms with Crippen LogP contribution in [-0.2, 0) is 44.5 Å². The molecule has 0 saturated carbocycles. The first kappa shape index (κ1) is 33.8. The number of imide groups is 1. The average molecular weight is 479 g/mol. The van der Waals surface area contributed by atoms with E-state index >= 15 is 0 Å². The van der Waals surface area contributed by atoms with E-state index in [9.17, 15) is 39.6 Å². The summed E-state index contributed by atoms with van der Waals surface area (Å²) in [5.74, 6) is -1.19. The minimum Gasteiger partial charge on any atom is -0.297 e. The predicted octanol–water partition coefficient (Wildman–Crippen LogP) is -2.51. The van der Waals surface area contributed by atoms with Crippen LogP contribution in [0.25, 0.3) is 9.91 Å². The number of nitrogens with one attached hydrogen (secondary N) is 4. The maximum Gasteiger partial charge on any atom is 0.231 e. The Hall–Kier alpha value is -2.80. The second-order valence-electron chi connectivity index (χ2n) is 4.62. The summed E-state index contributed by atoms with van der Waals surface area (Å²) < 4.78 is 64.0. The van der Waals surface area contributed by atoms with Gasteiger partial charge in [-0.05, 0) is 0 Å². The monoisotopic (exact) mass is 478 g/mol. The molecule has 0 spiro atoms. The second-order valence-corrected chi connectivity index (χ2v) is 10.1. The average Bonchev–Trinajstić information content (AvgIpc) is 2.31. The number of carbonyl (C=O) groups is 3. The van der Waals surface area contributed by atoms with Gasteiger partial charge in [-0.3, -0.25) is 24.4 Å². The summed E-state index contributed by atoms with van der Waals surface area (Å²) in [7, 11) is -10.6. The Balaban J connectivity index is -0.000000147. The van der Waals surface area contributed by atoms with E-state index in [4.69, 9.17) is 13.1 Å². The van der Waals surface area contributed by atoms with Crippen LogP contribution in [-0.4, -0.2) is 61.7 Å². The van der Waals surface area contributed by atoms with E-state index in [1.54, 1.807) is 10.3 Å². The molecule has 0 radical (unpaired) electrons. The first-order valence-electron chi connectivity index (χ1n) is 6.59. The molecule has 0 aliphatic rings. The summed E-state index contributed by atoms with van der Waals surface area (Å²) in [5.41, 5.74) is 1.69. The van der Waals surface area contributed by atoms with Crippen LogP contribution in [0.3, 0.4) is 0 Å². The molecule has 0 rings (SSSR count).